The average Bonchev–Trinajstić information content (AvgIpc) is 2.29. The molecule has 4 nitrogen and oxygen atoms in total. The van der Waals surface area contributed by atoms with Crippen LogP contribution in [0.5, 0.6) is 0 Å². The van der Waals surface area contributed by atoms with E-state index < -0.39 is 0 Å². The summed E-state index contributed by atoms with van der Waals surface area (Å²) in [4.78, 5) is 13.5. The van der Waals surface area contributed by atoms with E-state index in [1.165, 1.54) is 11.1 Å². The molecule has 0 saturated heterocycles. The van der Waals surface area contributed by atoms with Crippen molar-refractivity contribution in [3.8, 4) is 0 Å². The third-order valence-electron chi connectivity index (χ3n) is 3.49. The summed E-state index contributed by atoms with van der Waals surface area (Å²) < 4.78 is 0. The number of fused-ring (bicyclic) bond motifs is 1. The van der Waals surface area contributed by atoms with Gasteiger partial charge < -0.3 is 11.5 Å². The van der Waals surface area contributed by atoms with Crippen molar-refractivity contribution in [3.05, 3.63) is 29.3 Å². The van der Waals surface area contributed by atoms with Gasteiger partial charge in [-0.1, -0.05) is 19.1 Å². The Bertz CT molecular complexity index is 431. The number of nitrogens with zero attached hydrogens (tertiary/aromatic N) is 1. The maximum Gasteiger partial charge on any atom is 0.234 e. The second kappa shape index (κ2) is 4.75. The van der Waals surface area contributed by atoms with E-state index in [-0.39, 0.29) is 11.9 Å². The molecular weight excluding hydrogens is 214 g/mol. The quantitative estimate of drug-likeness (QED) is 0.762. The molecule has 0 fully saturated rings. The van der Waals surface area contributed by atoms with Gasteiger partial charge in [-0.15, -0.1) is 0 Å². The zero-order valence-electron chi connectivity index (χ0n) is 10.1. The Morgan fingerprint density at radius 2 is 2.29 bits per heavy atom. The molecule has 4 N–H and O–H groups in total. The van der Waals surface area contributed by atoms with Gasteiger partial charge in [-0.2, -0.15) is 0 Å². The van der Waals surface area contributed by atoms with E-state index in [1.54, 1.807) is 0 Å². The number of benzene rings is 1. The highest BCUT2D eigenvalue weighted by atomic mass is 16.1. The number of carbonyl (C=O) groups excluding carboxylic acids is 1. The maximum absolute atomic E-state index is 11.4. The van der Waals surface area contributed by atoms with Crippen LogP contribution < -0.4 is 11.5 Å². The van der Waals surface area contributed by atoms with Crippen molar-refractivity contribution in [2.24, 2.45) is 5.73 Å². The smallest absolute Gasteiger partial charge is 0.234 e. The molecule has 92 valence electrons. The molecule has 1 aromatic rings. The summed E-state index contributed by atoms with van der Waals surface area (Å²) in [5, 5.41) is 0. The molecule has 17 heavy (non-hydrogen) atoms. The van der Waals surface area contributed by atoms with Crippen LogP contribution >= 0.6 is 0 Å². The third kappa shape index (κ3) is 2.26. The summed E-state index contributed by atoms with van der Waals surface area (Å²) in [6.45, 7) is 3.61. The number of hydrogen-bond donors (Lipinski definition) is 2. The fraction of sp³-hybridized carbons (Fsp3) is 0.462. The number of primary amides is 1. The van der Waals surface area contributed by atoms with Gasteiger partial charge in [0, 0.05) is 18.8 Å². The van der Waals surface area contributed by atoms with Crippen LogP contribution in [-0.2, 0) is 17.8 Å². The molecule has 0 aliphatic carbocycles. The van der Waals surface area contributed by atoms with E-state index in [0.29, 0.717) is 0 Å². The Kier molecular flexibility index (Phi) is 3.33. The minimum atomic E-state index is -0.236. The lowest BCUT2D eigenvalue weighted by molar-refractivity contribution is -0.123. The molecule has 0 aromatic heterocycles. The predicted molar refractivity (Wildman–Crippen MR) is 68.2 cm³/mol. The minimum Gasteiger partial charge on any atom is -0.398 e. The maximum atomic E-state index is 11.4. The number of amides is 1. The second-order valence-electron chi connectivity index (χ2n) is 4.53. The Labute approximate surface area is 102 Å². The van der Waals surface area contributed by atoms with Gasteiger partial charge in [-0.3, -0.25) is 9.69 Å². The molecule has 4 heteroatoms. The summed E-state index contributed by atoms with van der Waals surface area (Å²) in [6, 6.07) is 5.80. The van der Waals surface area contributed by atoms with Gasteiger partial charge in [-0.05, 0) is 30.0 Å². The first-order valence-corrected chi connectivity index (χ1v) is 6.03. The molecule has 0 saturated carbocycles. The molecule has 0 radical (unpaired) electrons. The van der Waals surface area contributed by atoms with Crippen LogP contribution in [0.25, 0.3) is 0 Å². The highest BCUT2D eigenvalue weighted by Gasteiger charge is 2.26. The largest absolute Gasteiger partial charge is 0.398 e. The SMILES string of the molecule is CCC(C(N)=O)N1CCc2c(N)cccc2C1. The van der Waals surface area contributed by atoms with Crippen molar-refractivity contribution in [1.29, 1.82) is 0 Å². The average molecular weight is 233 g/mol. The van der Waals surface area contributed by atoms with Crippen molar-refractivity contribution >= 4 is 11.6 Å². The van der Waals surface area contributed by atoms with E-state index in [4.69, 9.17) is 11.5 Å². The van der Waals surface area contributed by atoms with E-state index in [1.807, 2.05) is 19.1 Å². The summed E-state index contributed by atoms with van der Waals surface area (Å²) in [6.07, 6.45) is 1.65. The molecule has 0 bridgehead atoms. The molecule has 1 aliphatic heterocycles. The first-order chi connectivity index (χ1) is 8.13. The van der Waals surface area contributed by atoms with Crippen LogP contribution in [0, 0.1) is 0 Å². The van der Waals surface area contributed by atoms with Gasteiger partial charge in [0.25, 0.3) is 0 Å². The lowest BCUT2D eigenvalue weighted by Gasteiger charge is -2.33. The van der Waals surface area contributed by atoms with Crippen LogP contribution in [0.1, 0.15) is 24.5 Å². The highest BCUT2D eigenvalue weighted by Crippen LogP contribution is 2.25. The molecule has 2 rings (SSSR count). The van der Waals surface area contributed by atoms with Crippen molar-refractivity contribution in [2.75, 3.05) is 12.3 Å². The number of nitrogens with two attached hydrogens (primary N) is 2. The molecule has 1 unspecified atom stereocenters. The number of anilines is 1. The van der Waals surface area contributed by atoms with Crippen molar-refractivity contribution in [3.63, 3.8) is 0 Å². The number of carbonyl (C=O) groups is 1. The van der Waals surface area contributed by atoms with Crippen LogP contribution in [0.2, 0.25) is 0 Å². The van der Waals surface area contributed by atoms with Crippen LogP contribution in [0.15, 0.2) is 18.2 Å². The summed E-state index contributed by atoms with van der Waals surface area (Å²) >= 11 is 0. The van der Waals surface area contributed by atoms with Crippen molar-refractivity contribution in [2.45, 2.75) is 32.4 Å². The van der Waals surface area contributed by atoms with Gasteiger partial charge >= 0.3 is 0 Å². The summed E-state index contributed by atoms with van der Waals surface area (Å²) in [5.41, 5.74) is 14.7. The highest BCUT2D eigenvalue weighted by molar-refractivity contribution is 5.79. The van der Waals surface area contributed by atoms with E-state index >= 15 is 0 Å². The van der Waals surface area contributed by atoms with E-state index in [2.05, 4.69) is 11.0 Å². The first-order valence-electron chi connectivity index (χ1n) is 6.03. The van der Waals surface area contributed by atoms with Crippen LogP contribution in [0.3, 0.4) is 0 Å². The second-order valence-corrected chi connectivity index (χ2v) is 4.53. The zero-order chi connectivity index (χ0) is 12.4. The number of nitrogen functional groups attached to an aromatic ring is 1. The molecule has 1 aromatic carbocycles. The standard InChI is InChI=1S/C13H19N3O/c1-2-12(13(15)17)16-7-6-10-9(8-16)4-3-5-11(10)14/h3-5,12H,2,6-8,14H2,1H3,(H2,15,17). The van der Waals surface area contributed by atoms with Gasteiger partial charge in [0.1, 0.15) is 0 Å². The Balaban J connectivity index is 2.21. The third-order valence-corrected chi connectivity index (χ3v) is 3.49. The first kappa shape index (κ1) is 11.9. The lowest BCUT2D eigenvalue weighted by atomic mass is 9.96. The molecule has 0 spiro atoms. The summed E-state index contributed by atoms with van der Waals surface area (Å²) in [7, 11) is 0. The molecule has 1 heterocycles. The molecular formula is C13H19N3O. The van der Waals surface area contributed by atoms with Crippen molar-refractivity contribution < 1.29 is 4.79 Å². The Morgan fingerprint density at radius 3 is 2.94 bits per heavy atom. The monoisotopic (exact) mass is 233 g/mol. The van der Waals surface area contributed by atoms with Gasteiger partial charge in [0.05, 0.1) is 6.04 Å². The van der Waals surface area contributed by atoms with Crippen LogP contribution in [0.4, 0.5) is 5.69 Å². The van der Waals surface area contributed by atoms with Crippen LogP contribution in [-0.4, -0.2) is 23.4 Å². The summed E-state index contributed by atoms with van der Waals surface area (Å²) in [5.74, 6) is -0.236. The fourth-order valence-corrected chi connectivity index (χ4v) is 2.57. The Morgan fingerprint density at radius 1 is 1.53 bits per heavy atom. The minimum absolute atomic E-state index is 0.162. The van der Waals surface area contributed by atoms with E-state index in [9.17, 15) is 4.79 Å². The normalized spacial score (nSPS) is 17.5. The molecule has 1 aliphatic rings. The van der Waals surface area contributed by atoms with E-state index in [0.717, 1.165) is 31.6 Å². The van der Waals surface area contributed by atoms with Gasteiger partial charge in [-0.25, -0.2) is 0 Å². The lowest BCUT2D eigenvalue weighted by Crippen LogP contribution is -2.46. The number of rotatable bonds is 3. The number of hydrogen-bond acceptors (Lipinski definition) is 3. The predicted octanol–water partition coefficient (Wildman–Crippen LogP) is 0.891. The molecule has 1 atom stereocenters. The molecule has 1 amide bonds. The zero-order valence-corrected chi connectivity index (χ0v) is 10.1. The van der Waals surface area contributed by atoms with Gasteiger partial charge in [0.2, 0.25) is 5.91 Å². The van der Waals surface area contributed by atoms with Gasteiger partial charge in [0.15, 0.2) is 0 Å². The topological polar surface area (TPSA) is 72.4 Å². The fourth-order valence-electron chi connectivity index (χ4n) is 2.57. The van der Waals surface area contributed by atoms with Crippen molar-refractivity contribution in [1.82, 2.24) is 4.90 Å². The Hall–Kier alpha value is -1.55.